The highest BCUT2D eigenvalue weighted by atomic mass is 16.2. The van der Waals surface area contributed by atoms with E-state index in [1.54, 1.807) is 17.0 Å². The molecule has 0 amide bonds. The molecule has 0 saturated heterocycles. The fourth-order valence-corrected chi connectivity index (χ4v) is 1.57. The maximum atomic E-state index is 11.2. The average molecular weight is 198 g/mol. The summed E-state index contributed by atoms with van der Waals surface area (Å²) in [5.74, 6) is 0. The van der Waals surface area contributed by atoms with Gasteiger partial charge in [-0.1, -0.05) is 13.8 Å². The summed E-state index contributed by atoms with van der Waals surface area (Å²) < 4.78 is 1.66. The largest absolute Gasteiger partial charge is 0.396 e. The molecular weight excluding hydrogens is 180 g/mol. The van der Waals surface area contributed by atoms with Gasteiger partial charge in [0.15, 0.2) is 0 Å². The van der Waals surface area contributed by atoms with Gasteiger partial charge in [0, 0.05) is 25.5 Å². The van der Waals surface area contributed by atoms with Crippen molar-refractivity contribution in [1.29, 1.82) is 0 Å². The highest BCUT2D eigenvalue weighted by Crippen LogP contribution is 2.23. The van der Waals surface area contributed by atoms with Crippen LogP contribution in [0.3, 0.4) is 0 Å². The van der Waals surface area contributed by atoms with E-state index in [-0.39, 0.29) is 17.7 Å². The second kappa shape index (κ2) is 4.46. The number of aromatic nitrogens is 2. The lowest BCUT2D eigenvalue weighted by atomic mass is 9.88. The van der Waals surface area contributed by atoms with E-state index in [1.165, 1.54) is 0 Å². The first-order chi connectivity index (χ1) is 6.55. The third-order valence-corrected chi connectivity index (χ3v) is 2.33. The molecule has 4 nitrogen and oxygen atoms in total. The monoisotopic (exact) mass is 198 g/mol. The SMILES string of the molecule is CC(C)(CCCO)Cn1cc[nH]c1=O. The molecule has 1 rings (SSSR count). The Kier molecular flexibility index (Phi) is 3.52. The van der Waals surface area contributed by atoms with Crippen molar-refractivity contribution in [3.8, 4) is 0 Å². The van der Waals surface area contributed by atoms with Crippen LogP contribution in [0.25, 0.3) is 0 Å². The second-order valence-corrected chi connectivity index (χ2v) is 4.38. The molecule has 1 aromatic rings. The quantitative estimate of drug-likeness (QED) is 0.740. The lowest BCUT2D eigenvalue weighted by Crippen LogP contribution is -2.26. The molecule has 2 N–H and O–H groups in total. The average Bonchev–Trinajstić information content (AvgIpc) is 2.48. The Hall–Kier alpha value is -1.03. The van der Waals surface area contributed by atoms with Gasteiger partial charge in [0.25, 0.3) is 0 Å². The van der Waals surface area contributed by atoms with Crippen LogP contribution in [0.15, 0.2) is 17.2 Å². The zero-order valence-electron chi connectivity index (χ0n) is 8.79. The molecule has 0 aliphatic rings. The second-order valence-electron chi connectivity index (χ2n) is 4.38. The smallest absolute Gasteiger partial charge is 0.325 e. The van der Waals surface area contributed by atoms with Crippen LogP contribution in [0, 0.1) is 5.41 Å². The van der Waals surface area contributed by atoms with Crippen LogP contribution in [0.4, 0.5) is 0 Å². The van der Waals surface area contributed by atoms with Crippen LogP contribution in [-0.4, -0.2) is 21.3 Å². The molecule has 1 aromatic heterocycles. The lowest BCUT2D eigenvalue weighted by molar-refractivity contribution is 0.221. The summed E-state index contributed by atoms with van der Waals surface area (Å²) in [5.41, 5.74) is -0.0172. The number of rotatable bonds is 5. The summed E-state index contributed by atoms with van der Waals surface area (Å²) in [7, 11) is 0. The Balaban J connectivity index is 2.59. The Morgan fingerprint density at radius 1 is 1.57 bits per heavy atom. The highest BCUT2D eigenvalue weighted by molar-refractivity contribution is 4.79. The third kappa shape index (κ3) is 3.03. The number of imidazole rings is 1. The van der Waals surface area contributed by atoms with Crippen molar-refractivity contribution in [3.05, 3.63) is 22.9 Å². The van der Waals surface area contributed by atoms with E-state index in [4.69, 9.17) is 5.11 Å². The predicted molar refractivity (Wildman–Crippen MR) is 55.2 cm³/mol. The van der Waals surface area contributed by atoms with E-state index in [1.807, 2.05) is 0 Å². The summed E-state index contributed by atoms with van der Waals surface area (Å²) >= 11 is 0. The number of aromatic amines is 1. The number of H-pyrrole nitrogens is 1. The summed E-state index contributed by atoms with van der Waals surface area (Å²) in [6.45, 7) is 5.10. The number of nitrogens with zero attached hydrogens (tertiary/aromatic N) is 1. The Morgan fingerprint density at radius 2 is 2.29 bits per heavy atom. The van der Waals surface area contributed by atoms with E-state index >= 15 is 0 Å². The summed E-state index contributed by atoms with van der Waals surface area (Å²) in [5, 5.41) is 8.74. The first-order valence-electron chi connectivity index (χ1n) is 4.90. The van der Waals surface area contributed by atoms with E-state index in [2.05, 4.69) is 18.8 Å². The van der Waals surface area contributed by atoms with Crippen LogP contribution < -0.4 is 5.69 Å². The number of hydrogen-bond acceptors (Lipinski definition) is 2. The summed E-state index contributed by atoms with van der Waals surface area (Å²) in [4.78, 5) is 13.8. The molecule has 14 heavy (non-hydrogen) atoms. The maximum absolute atomic E-state index is 11.2. The molecule has 0 aromatic carbocycles. The molecule has 0 aliphatic carbocycles. The minimum absolute atomic E-state index is 0.0503. The fraction of sp³-hybridized carbons (Fsp3) is 0.700. The van der Waals surface area contributed by atoms with Gasteiger partial charge in [0.2, 0.25) is 0 Å². The first kappa shape index (κ1) is 11.0. The summed E-state index contributed by atoms with van der Waals surface area (Å²) in [6, 6.07) is 0. The molecule has 80 valence electrons. The zero-order chi connectivity index (χ0) is 10.6. The fourth-order valence-electron chi connectivity index (χ4n) is 1.57. The van der Waals surface area contributed by atoms with Gasteiger partial charge in [-0.15, -0.1) is 0 Å². The van der Waals surface area contributed by atoms with Crippen molar-refractivity contribution in [1.82, 2.24) is 9.55 Å². The van der Waals surface area contributed by atoms with Gasteiger partial charge in [-0.3, -0.25) is 4.57 Å². The number of nitrogens with one attached hydrogen (secondary N) is 1. The molecule has 0 bridgehead atoms. The molecule has 0 fully saturated rings. The van der Waals surface area contributed by atoms with Crippen molar-refractivity contribution in [2.24, 2.45) is 5.41 Å². The predicted octanol–water partition coefficient (Wildman–Crippen LogP) is 0.975. The molecule has 0 saturated carbocycles. The Bertz CT molecular complexity index is 325. The maximum Gasteiger partial charge on any atom is 0.325 e. The molecule has 0 aliphatic heterocycles. The zero-order valence-corrected chi connectivity index (χ0v) is 8.79. The topological polar surface area (TPSA) is 58.0 Å². The first-order valence-corrected chi connectivity index (χ1v) is 4.90. The third-order valence-electron chi connectivity index (χ3n) is 2.33. The van der Waals surface area contributed by atoms with Gasteiger partial charge >= 0.3 is 5.69 Å². The van der Waals surface area contributed by atoms with E-state index in [0.29, 0.717) is 6.54 Å². The van der Waals surface area contributed by atoms with Crippen LogP contribution in [-0.2, 0) is 6.54 Å². The molecule has 1 heterocycles. The molecule has 0 atom stereocenters. The van der Waals surface area contributed by atoms with Crippen molar-refractivity contribution in [3.63, 3.8) is 0 Å². The minimum atomic E-state index is -0.0675. The Morgan fingerprint density at radius 3 is 2.79 bits per heavy atom. The summed E-state index contributed by atoms with van der Waals surface area (Å²) in [6.07, 6.45) is 5.10. The Labute approximate surface area is 83.6 Å². The van der Waals surface area contributed by atoms with Crippen molar-refractivity contribution in [2.75, 3.05) is 6.61 Å². The lowest BCUT2D eigenvalue weighted by Gasteiger charge is -2.24. The van der Waals surface area contributed by atoms with E-state index < -0.39 is 0 Å². The van der Waals surface area contributed by atoms with Crippen LogP contribution in [0.5, 0.6) is 0 Å². The highest BCUT2D eigenvalue weighted by Gasteiger charge is 2.18. The number of aliphatic hydroxyl groups excluding tert-OH is 1. The van der Waals surface area contributed by atoms with Crippen LogP contribution in [0.1, 0.15) is 26.7 Å². The minimum Gasteiger partial charge on any atom is -0.396 e. The van der Waals surface area contributed by atoms with Crippen molar-refractivity contribution < 1.29 is 5.11 Å². The molecule has 0 radical (unpaired) electrons. The van der Waals surface area contributed by atoms with Gasteiger partial charge < -0.3 is 10.1 Å². The van der Waals surface area contributed by atoms with E-state index in [9.17, 15) is 4.79 Å². The molecule has 4 heteroatoms. The van der Waals surface area contributed by atoms with Gasteiger partial charge in [0.1, 0.15) is 0 Å². The normalized spacial score (nSPS) is 11.9. The van der Waals surface area contributed by atoms with Gasteiger partial charge in [-0.2, -0.15) is 0 Å². The van der Waals surface area contributed by atoms with Gasteiger partial charge in [-0.25, -0.2) is 4.79 Å². The molecular formula is C10H18N2O2. The van der Waals surface area contributed by atoms with Gasteiger partial charge in [0.05, 0.1) is 0 Å². The van der Waals surface area contributed by atoms with Crippen molar-refractivity contribution in [2.45, 2.75) is 33.2 Å². The van der Waals surface area contributed by atoms with Crippen LogP contribution >= 0.6 is 0 Å². The van der Waals surface area contributed by atoms with Gasteiger partial charge in [-0.05, 0) is 18.3 Å². The van der Waals surface area contributed by atoms with Crippen molar-refractivity contribution >= 4 is 0 Å². The number of hydrogen-bond donors (Lipinski definition) is 2. The molecule has 0 unspecified atom stereocenters. The molecule has 0 spiro atoms. The standard InChI is InChI=1S/C10H18N2O2/c1-10(2,4-3-7-13)8-12-6-5-11-9(12)14/h5-6,13H,3-4,7-8H2,1-2H3,(H,11,14). The number of aliphatic hydroxyl groups is 1. The van der Waals surface area contributed by atoms with E-state index in [0.717, 1.165) is 12.8 Å². The van der Waals surface area contributed by atoms with Crippen LogP contribution in [0.2, 0.25) is 0 Å².